The van der Waals surface area contributed by atoms with E-state index in [0.29, 0.717) is 15.8 Å². The van der Waals surface area contributed by atoms with Crippen LogP contribution in [0.15, 0.2) is 142 Å². The lowest BCUT2D eigenvalue weighted by molar-refractivity contribution is -0.143. The van der Waals surface area contributed by atoms with E-state index in [0.717, 1.165) is 20.3 Å². The van der Waals surface area contributed by atoms with Crippen molar-refractivity contribution in [3.8, 4) is 0 Å². The Bertz CT molecular complexity index is 2050. The minimum Gasteiger partial charge on any atom is -0.273 e. The van der Waals surface area contributed by atoms with Crippen LogP contribution in [0.5, 0.6) is 0 Å². The summed E-state index contributed by atoms with van der Waals surface area (Å²) in [6.45, 7) is 3.68. The van der Waals surface area contributed by atoms with Crippen LogP contribution in [-0.2, 0) is 34.1 Å². The van der Waals surface area contributed by atoms with E-state index < -0.39 is 40.7 Å². The van der Waals surface area contributed by atoms with Gasteiger partial charge in [-0.05, 0) is 41.0 Å². The van der Waals surface area contributed by atoms with Gasteiger partial charge in [-0.25, -0.2) is 29.0 Å². The molecule has 1 heterocycles. The van der Waals surface area contributed by atoms with Crippen LogP contribution in [0.3, 0.4) is 0 Å². The molecule has 2 amide bonds. The van der Waals surface area contributed by atoms with Crippen molar-refractivity contribution in [1.29, 1.82) is 0 Å². The molecule has 5 rings (SSSR count). The molecule has 11 nitrogen and oxygen atoms in total. The standard InChI is InChI=1S/C41H43N5O6/c1-30(2)26-36(35(25-15-24-31-16-7-3-8-17-31)38(48)43-52-29-34-22-13-6-14-23-34)37(47)42-46-40(50)44(27-32-18-9-4-10-19-32)39(49)45(41(46)51)28-33-20-11-5-12-21-33/h3-24,30,35-36H,25-29H2,1-2H3,(H,42,47)(H,43,48)/b24-15+/t35-,36+/m0/s1. The van der Waals surface area contributed by atoms with Gasteiger partial charge in [0.1, 0.15) is 0 Å². The molecule has 0 aliphatic rings. The molecule has 0 aliphatic carbocycles. The lowest BCUT2D eigenvalue weighted by Crippen LogP contribution is -2.58. The lowest BCUT2D eigenvalue weighted by Gasteiger charge is -2.26. The number of aromatic nitrogens is 3. The number of nitrogens with zero attached hydrogens (tertiary/aromatic N) is 3. The number of nitrogens with one attached hydrogen (secondary N) is 2. The predicted molar refractivity (Wildman–Crippen MR) is 201 cm³/mol. The highest BCUT2D eigenvalue weighted by molar-refractivity contribution is 5.91. The first-order valence-corrected chi connectivity index (χ1v) is 17.2. The summed E-state index contributed by atoms with van der Waals surface area (Å²) in [7, 11) is 0. The number of benzene rings is 4. The fraction of sp³-hybridized carbons (Fsp3) is 0.244. The molecule has 2 N–H and O–H groups in total. The molecular formula is C41H43N5O6. The first kappa shape index (κ1) is 37.2. The van der Waals surface area contributed by atoms with Crippen molar-refractivity contribution >= 4 is 17.9 Å². The van der Waals surface area contributed by atoms with Gasteiger partial charge in [0.05, 0.1) is 31.5 Å². The molecule has 0 aliphatic heterocycles. The molecule has 4 aromatic carbocycles. The van der Waals surface area contributed by atoms with E-state index in [-0.39, 0.29) is 38.5 Å². The van der Waals surface area contributed by atoms with E-state index in [1.807, 2.05) is 98.8 Å². The number of hydrogen-bond acceptors (Lipinski definition) is 6. The molecule has 0 unspecified atom stereocenters. The lowest BCUT2D eigenvalue weighted by atomic mass is 9.82. The number of hydrogen-bond donors (Lipinski definition) is 2. The fourth-order valence-electron chi connectivity index (χ4n) is 5.90. The summed E-state index contributed by atoms with van der Waals surface area (Å²) in [5.74, 6) is -3.25. The highest BCUT2D eigenvalue weighted by atomic mass is 16.6. The average Bonchev–Trinajstić information content (AvgIpc) is 3.16. The Morgan fingerprint density at radius 2 is 1.12 bits per heavy atom. The average molecular weight is 702 g/mol. The number of carbonyl (C=O) groups is 2. The van der Waals surface area contributed by atoms with E-state index in [2.05, 4.69) is 10.9 Å². The van der Waals surface area contributed by atoms with Crippen molar-refractivity contribution in [2.75, 3.05) is 5.43 Å². The van der Waals surface area contributed by atoms with Gasteiger partial charge in [0.25, 0.3) is 0 Å². The van der Waals surface area contributed by atoms with Crippen LogP contribution >= 0.6 is 0 Å². The van der Waals surface area contributed by atoms with Crippen molar-refractivity contribution in [2.45, 2.75) is 46.4 Å². The van der Waals surface area contributed by atoms with Gasteiger partial charge >= 0.3 is 17.1 Å². The number of amides is 2. The van der Waals surface area contributed by atoms with Gasteiger partial charge in [0, 0.05) is 0 Å². The predicted octanol–water partition coefficient (Wildman–Crippen LogP) is 4.97. The van der Waals surface area contributed by atoms with Crippen molar-refractivity contribution < 1.29 is 14.4 Å². The Labute approximate surface area is 301 Å². The van der Waals surface area contributed by atoms with Gasteiger partial charge in [0.15, 0.2) is 0 Å². The molecule has 1 aromatic heterocycles. The number of rotatable bonds is 16. The molecule has 52 heavy (non-hydrogen) atoms. The first-order valence-electron chi connectivity index (χ1n) is 17.2. The summed E-state index contributed by atoms with van der Waals surface area (Å²) >= 11 is 0. The minimum atomic E-state index is -1.00. The second-order valence-electron chi connectivity index (χ2n) is 12.9. The van der Waals surface area contributed by atoms with Gasteiger partial charge in [0.2, 0.25) is 11.8 Å². The number of hydroxylamine groups is 1. The molecule has 0 spiro atoms. The van der Waals surface area contributed by atoms with Crippen LogP contribution in [0.2, 0.25) is 0 Å². The summed E-state index contributed by atoms with van der Waals surface area (Å²) in [6.07, 6.45) is 4.08. The van der Waals surface area contributed by atoms with Gasteiger partial charge in [-0.15, -0.1) is 4.68 Å². The fourth-order valence-corrected chi connectivity index (χ4v) is 5.90. The maximum absolute atomic E-state index is 14.3. The van der Waals surface area contributed by atoms with Crippen molar-refractivity contribution in [3.63, 3.8) is 0 Å². The topological polar surface area (TPSA) is 133 Å². The smallest absolute Gasteiger partial charge is 0.273 e. The van der Waals surface area contributed by atoms with Gasteiger partial charge in [-0.1, -0.05) is 147 Å². The van der Waals surface area contributed by atoms with Crippen molar-refractivity contribution in [3.05, 3.63) is 181 Å². The maximum atomic E-state index is 14.3. The second-order valence-corrected chi connectivity index (χ2v) is 12.9. The van der Waals surface area contributed by atoms with Crippen LogP contribution in [-0.4, -0.2) is 25.6 Å². The van der Waals surface area contributed by atoms with Crippen LogP contribution < -0.4 is 28.0 Å². The summed E-state index contributed by atoms with van der Waals surface area (Å²) < 4.78 is 2.41. The van der Waals surface area contributed by atoms with Crippen molar-refractivity contribution in [2.24, 2.45) is 17.8 Å². The van der Waals surface area contributed by atoms with Crippen LogP contribution in [0, 0.1) is 17.8 Å². The molecule has 11 heteroatoms. The molecule has 0 fully saturated rings. The van der Waals surface area contributed by atoms with Gasteiger partial charge in [-0.3, -0.25) is 19.9 Å². The van der Waals surface area contributed by atoms with Gasteiger partial charge < -0.3 is 0 Å². The highest BCUT2D eigenvalue weighted by Crippen LogP contribution is 2.26. The molecule has 268 valence electrons. The van der Waals surface area contributed by atoms with E-state index in [4.69, 9.17) is 4.84 Å². The van der Waals surface area contributed by atoms with Crippen LogP contribution in [0.1, 0.15) is 48.9 Å². The largest absolute Gasteiger partial charge is 0.356 e. The molecule has 2 atom stereocenters. The molecule has 0 saturated carbocycles. The first-order chi connectivity index (χ1) is 25.2. The monoisotopic (exact) mass is 701 g/mol. The van der Waals surface area contributed by atoms with Crippen LogP contribution in [0.25, 0.3) is 6.08 Å². The number of carbonyl (C=O) groups excluding carboxylic acids is 2. The Balaban J connectivity index is 1.50. The Morgan fingerprint density at radius 1 is 0.635 bits per heavy atom. The van der Waals surface area contributed by atoms with Crippen molar-refractivity contribution in [1.82, 2.24) is 19.3 Å². The SMILES string of the molecule is CC(C)C[C@@H](C(=O)Nn1c(=O)n(Cc2ccccc2)c(=O)n(Cc2ccccc2)c1=O)[C@H](C/C=C/c1ccccc1)C(=O)NOCc1ccccc1. The van der Waals surface area contributed by atoms with Gasteiger partial charge in [-0.2, -0.15) is 0 Å². The van der Waals surface area contributed by atoms with Crippen LogP contribution in [0.4, 0.5) is 0 Å². The summed E-state index contributed by atoms with van der Waals surface area (Å²) in [4.78, 5) is 75.2. The number of allylic oxidation sites excluding steroid dienone is 1. The Morgan fingerprint density at radius 3 is 1.62 bits per heavy atom. The molecule has 0 bridgehead atoms. The molecule has 5 aromatic rings. The summed E-state index contributed by atoms with van der Waals surface area (Å²) in [6, 6.07) is 36.6. The third kappa shape index (κ3) is 10.0. The third-order valence-corrected chi connectivity index (χ3v) is 8.53. The minimum absolute atomic E-state index is 0.0483. The van der Waals surface area contributed by atoms with E-state index in [1.165, 1.54) is 0 Å². The second kappa shape index (κ2) is 18.2. The Kier molecular flexibility index (Phi) is 13.1. The van der Waals surface area contributed by atoms with E-state index >= 15 is 0 Å². The Hall–Kier alpha value is -6.07. The molecular weight excluding hydrogens is 658 g/mol. The normalized spacial score (nSPS) is 12.4. The maximum Gasteiger partial charge on any atom is 0.356 e. The quantitative estimate of drug-likeness (QED) is 0.140. The van der Waals surface area contributed by atoms with E-state index in [9.17, 15) is 24.0 Å². The summed E-state index contributed by atoms with van der Waals surface area (Å²) in [5, 5.41) is 0. The zero-order valence-corrected chi connectivity index (χ0v) is 29.3. The molecule has 0 radical (unpaired) electrons. The highest BCUT2D eigenvalue weighted by Gasteiger charge is 2.35. The zero-order valence-electron chi connectivity index (χ0n) is 29.3. The summed E-state index contributed by atoms with van der Waals surface area (Å²) in [5.41, 5.74) is 5.28. The zero-order chi connectivity index (χ0) is 36.9. The third-order valence-electron chi connectivity index (χ3n) is 8.53. The molecule has 0 saturated heterocycles. The van der Waals surface area contributed by atoms with E-state index in [1.54, 1.807) is 48.5 Å².